The molecule has 1 atom stereocenters. The molecule has 1 aromatic rings. The topological polar surface area (TPSA) is 20.2 Å². The minimum absolute atomic E-state index is 0.218. The Morgan fingerprint density at radius 3 is 2.71 bits per heavy atom. The number of aliphatic hydroxyl groups excluding tert-OH is 1. The lowest BCUT2D eigenvalue weighted by atomic mass is 9.93. The van der Waals surface area contributed by atoms with E-state index in [1.54, 1.807) is 12.1 Å². The molecule has 0 amide bonds. The summed E-state index contributed by atoms with van der Waals surface area (Å²) >= 11 is 0. The fourth-order valence-corrected chi connectivity index (χ4v) is 2.38. The molecule has 0 bridgehead atoms. The second kappa shape index (κ2) is 5.97. The molecule has 0 heterocycles. The van der Waals surface area contributed by atoms with Gasteiger partial charge in [-0.25, -0.2) is 4.39 Å². The van der Waals surface area contributed by atoms with Crippen molar-refractivity contribution in [3.8, 4) is 0 Å². The van der Waals surface area contributed by atoms with Crippen LogP contribution in [0.4, 0.5) is 4.39 Å². The number of aliphatic hydroxyl groups is 1. The molecule has 1 aromatic carbocycles. The first-order chi connectivity index (χ1) is 8.25. The van der Waals surface area contributed by atoms with Gasteiger partial charge in [-0.1, -0.05) is 29.8 Å². The molecular formula is C15H19FO. The summed E-state index contributed by atoms with van der Waals surface area (Å²) in [5, 5.41) is 9.97. The van der Waals surface area contributed by atoms with Gasteiger partial charge in [0.1, 0.15) is 5.82 Å². The Hall–Kier alpha value is -1.15. The molecule has 1 aliphatic rings. The van der Waals surface area contributed by atoms with Crippen LogP contribution in [-0.4, -0.2) is 11.2 Å². The lowest BCUT2D eigenvalue weighted by Gasteiger charge is -2.16. The summed E-state index contributed by atoms with van der Waals surface area (Å²) in [5.74, 6) is -0.218. The number of hydrogen-bond donors (Lipinski definition) is 1. The average Bonchev–Trinajstić information content (AvgIpc) is 2.33. The summed E-state index contributed by atoms with van der Waals surface area (Å²) in [4.78, 5) is 0. The van der Waals surface area contributed by atoms with E-state index in [1.807, 2.05) is 6.07 Å². The van der Waals surface area contributed by atoms with Gasteiger partial charge in [0.05, 0.1) is 6.10 Å². The Morgan fingerprint density at radius 2 is 2.00 bits per heavy atom. The van der Waals surface area contributed by atoms with Crippen molar-refractivity contribution < 1.29 is 9.50 Å². The molecular weight excluding hydrogens is 215 g/mol. The van der Waals surface area contributed by atoms with Crippen LogP contribution in [0.15, 0.2) is 35.9 Å². The first kappa shape index (κ1) is 12.3. The largest absolute Gasteiger partial charge is 0.392 e. The SMILES string of the molecule is OC(CC1=CCCCC1)Cc1ccccc1F. The smallest absolute Gasteiger partial charge is 0.126 e. The molecule has 0 fully saturated rings. The lowest BCUT2D eigenvalue weighted by molar-refractivity contribution is 0.172. The third-order valence-electron chi connectivity index (χ3n) is 3.30. The molecule has 0 saturated carbocycles. The van der Waals surface area contributed by atoms with Gasteiger partial charge in [-0.15, -0.1) is 0 Å². The van der Waals surface area contributed by atoms with Crippen molar-refractivity contribution in [3.05, 3.63) is 47.3 Å². The quantitative estimate of drug-likeness (QED) is 0.789. The van der Waals surface area contributed by atoms with Crippen molar-refractivity contribution in [2.24, 2.45) is 0 Å². The molecule has 0 radical (unpaired) electrons. The molecule has 2 heteroatoms. The Bertz CT molecular complexity index is 398. The van der Waals surface area contributed by atoms with E-state index in [1.165, 1.54) is 24.5 Å². The van der Waals surface area contributed by atoms with Gasteiger partial charge < -0.3 is 5.11 Å². The van der Waals surface area contributed by atoms with Gasteiger partial charge in [0, 0.05) is 6.42 Å². The van der Waals surface area contributed by atoms with Crippen LogP contribution in [0.5, 0.6) is 0 Å². The fraction of sp³-hybridized carbons (Fsp3) is 0.467. The number of rotatable bonds is 4. The summed E-state index contributed by atoms with van der Waals surface area (Å²) < 4.78 is 13.4. The lowest BCUT2D eigenvalue weighted by Crippen LogP contribution is -2.13. The van der Waals surface area contributed by atoms with E-state index in [2.05, 4.69) is 6.08 Å². The number of benzene rings is 1. The normalized spacial score (nSPS) is 17.6. The summed E-state index contributed by atoms with van der Waals surface area (Å²) in [6.45, 7) is 0. The van der Waals surface area contributed by atoms with Crippen molar-refractivity contribution in [1.82, 2.24) is 0 Å². The van der Waals surface area contributed by atoms with Crippen molar-refractivity contribution in [2.45, 2.75) is 44.6 Å². The first-order valence-corrected chi connectivity index (χ1v) is 6.35. The van der Waals surface area contributed by atoms with Crippen LogP contribution in [0.1, 0.15) is 37.7 Å². The van der Waals surface area contributed by atoms with Gasteiger partial charge in [-0.05, 0) is 43.7 Å². The van der Waals surface area contributed by atoms with Crippen molar-refractivity contribution in [2.75, 3.05) is 0 Å². The summed E-state index contributed by atoms with van der Waals surface area (Å²) in [6.07, 6.45) is 7.56. The summed E-state index contributed by atoms with van der Waals surface area (Å²) in [6, 6.07) is 6.68. The van der Waals surface area contributed by atoms with Crippen LogP contribution in [0.2, 0.25) is 0 Å². The van der Waals surface area contributed by atoms with Gasteiger partial charge >= 0.3 is 0 Å². The van der Waals surface area contributed by atoms with E-state index >= 15 is 0 Å². The van der Waals surface area contributed by atoms with Gasteiger partial charge in [0.2, 0.25) is 0 Å². The Labute approximate surface area is 102 Å². The van der Waals surface area contributed by atoms with Crippen LogP contribution in [0.25, 0.3) is 0 Å². The number of allylic oxidation sites excluding steroid dienone is 1. The van der Waals surface area contributed by atoms with Crippen LogP contribution < -0.4 is 0 Å². The van der Waals surface area contributed by atoms with Gasteiger partial charge in [-0.2, -0.15) is 0 Å². The maximum absolute atomic E-state index is 13.4. The van der Waals surface area contributed by atoms with Crippen LogP contribution >= 0.6 is 0 Å². The highest BCUT2D eigenvalue weighted by Gasteiger charge is 2.12. The predicted octanol–water partition coefficient (Wildman–Crippen LogP) is 3.62. The van der Waals surface area contributed by atoms with E-state index in [4.69, 9.17) is 0 Å². The Kier molecular flexibility index (Phi) is 4.32. The number of hydrogen-bond acceptors (Lipinski definition) is 1. The molecule has 1 unspecified atom stereocenters. The van der Waals surface area contributed by atoms with E-state index in [0.717, 1.165) is 12.8 Å². The summed E-state index contributed by atoms with van der Waals surface area (Å²) in [5.41, 5.74) is 1.94. The maximum Gasteiger partial charge on any atom is 0.126 e. The van der Waals surface area contributed by atoms with Crippen LogP contribution in [0, 0.1) is 5.82 Å². The van der Waals surface area contributed by atoms with Crippen molar-refractivity contribution in [1.29, 1.82) is 0 Å². The molecule has 92 valence electrons. The average molecular weight is 234 g/mol. The predicted molar refractivity (Wildman–Crippen MR) is 67.3 cm³/mol. The molecule has 17 heavy (non-hydrogen) atoms. The van der Waals surface area contributed by atoms with Gasteiger partial charge in [0.25, 0.3) is 0 Å². The standard InChI is InChI=1S/C15H19FO/c16-15-9-5-4-8-13(15)11-14(17)10-12-6-2-1-3-7-12/h4-6,8-9,14,17H,1-3,7,10-11H2. The Balaban J connectivity index is 1.91. The van der Waals surface area contributed by atoms with Crippen molar-refractivity contribution in [3.63, 3.8) is 0 Å². The molecule has 1 aliphatic carbocycles. The molecule has 0 spiro atoms. The molecule has 0 aromatic heterocycles. The fourth-order valence-electron chi connectivity index (χ4n) is 2.38. The molecule has 1 N–H and O–H groups in total. The molecule has 0 aliphatic heterocycles. The zero-order chi connectivity index (χ0) is 12.1. The number of halogens is 1. The van der Waals surface area contributed by atoms with E-state index in [0.29, 0.717) is 18.4 Å². The minimum atomic E-state index is -0.462. The molecule has 1 nitrogen and oxygen atoms in total. The zero-order valence-corrected chi connectivity index (χ0v) is 10.0. The Morgan fingerprint density at radius 1 is 1.18 bits per heavy atom. The van der Waals surface area contributed by atoms with Crippen LogP contribution in [-0.2, 0) is 6.42 Å². The second-order valence-electron chi connectivity index (χ2n) is 4.76. The third kappa shape index (κ3) is 3.67. The van der Waals surface area contributed by atoms with Crippen molar-refractivity contribution >= 4 is 0 Å². The highest BCUT2D eigenvalue weighted by Crippen LogP contribution is 2.22. The maximum atomic E-state index is 13.4. The van der Waals surface area contributed by atoms with E-state index < -0.39 is 6.10 Å². The zero-order valence-electron chi connectivity index (χ0n) is 10.0. The molecule has 0 saturated heterocycles. The second-order valence-corrected chi connectivity index (χ2v) is 4.76. The van der Waals surface area contributed by atoms with Gasteiger partial charge in [0.15, 0.2) is 0 Å². The third-order valence-corrected chi connectivity index (χ3v) is 3.30. The van der Waals surface area contributed by atoms with E-state index in [9.17, 15) is 9.50 Å². The van der Waals surface area contributed by atoms with Gasteiger partial charge in [-0.3, -0.25) is 0 Å². The molecule has 2 rings (SSSR count). The summed E-state index contributed by atoms with van der Waals surface area (Å²) in [7, 11) is 0. The monoisotopic (exact) mass is 234 g/mol. The highest BCUT2D eigenvalue weighted by atomic mass is 19.1. The minimum Gasteiger partial charge on any atom is -0.392 e. The highest BCUT2D eigenvalue weighted by molar-refractivity contribution is 5.18. The first-order valence-electron chi connectivity index (χ1n) is 6.35. The van der Waals surface area contributed by atoms with E-state index in [-0.39, 0.29) is 5.82 Å². The van der Waals surface area contributed by atoms with Crippen LogP contribution in [0.3, 0.4) is 0 Å².